The zero-order valence-corrected chi connectivity index (χ0v) is 18.0. The van der Waals surface area contributed by atoms with Gasteiger partial charge in [0.05, 0.1) is 6.54 Å². The van der Waals surface area contributed by atoms with E-state index in [0.29, 0.717) is 19.0 Å². The van der Waals surface area contributed by atoms with Gasteiger partial charge in [0.1, 0.15) is 17.7 Å². The number of piperidine rings is 1. The van der Waals surface area contributed by atoms with Gasteiger partial charge >= 0.3 is 0 Å². The summed E-state index contributed by atoms with van der Waals surface area (Å²) < 4.78 is 2.24. The molecule has 4 rings (SSSR count). The van der Waals surface area contributed by atoms with Crippen molar-refractivity contribution in [2.24, 2.45) is 5.92 Å². The summed E-state index contributed by atoms with van der Waals surface area (Å²) in [5.74, 6) is 2.62. The highest BCUT2D eigenvalue weighted by Crippen LogP contribution is 2.28. The van der Waals surface area contributed by atoms with E-state index in [1.165, 1.54) is 6.42 Å². The average molecular weight is 425 g/mol. The van der Waals surface area contributed by atoms with Crippen molar-refractivity contribution in [2.75, 3.05) is 19.6 Å². The Hall–Kier alpha value is -1.67. The van der Waals surface area contributed by atoms with Crippen LogP contribution in [0.15, 0.2) is 0 Å². The highest BCUT2D eigenvalue weighted by atomic mass is 35.5. The first-order valence-electron chi connectivity index (χ1n) is 10.9. The van der Waals surface area contributed by atoms with E-state index < -0.39 is 6.04 Å². The topological polar surface area (TPSA) is 92.2 Å². The number of fused-ring (bicyclic) bond motifs is 1. The van der Waals surface area contributed by atoms with Crippen LogP contribution in [-0.2, 0) is 22.7 Å². The van der Waals surface area contributed by atoms with Gasteiger partial charge in [0.15, 0.2) is 0 Å². The lowest BCUT2D eigenvalue weighted by atomic mass is 9.88. The molecule has 2 aliphatic heterocycles. The lowest BCUT2D eigenvalue weighted by Crippen LogP contribution is -2.50. The number of nitrogens with one attached hydrogen (secondary N) is 2. The molecule has 1 aromatic heterocycles. The summed E-state index contributed by atoms with van der Waals surface area (Å²) in [5.41, 5.74) is 0. The van der Waals surface area contributed by atoms with Crippen molar-refractivity contribution in [2.45, 2.75) is 76.9 Å². The van der Waals surface area contributed by atoms with E-state index in [1.54, 1.807) is 0 Å². The third-order valence-electron chi connectivity index (χ3n) is 6.53. The highest BCUT2D eigenvalue weighted by Gasteiger charge is 2.31. The Labute approximate surface area is 178 Å². The van der Waals surface area contributed by atoms with Crippen LogP contribution in [0.1, 0.15) is 69.4 Å². The van der Waals surface area contributed by atoms with E-state index in [4.69, 9.17) is 0 Å². The monoisotopic (exact) mass is 424 g/mol. The molecule has 3 aliphatic rings. The summed E-state index contributed by atoms with van der Waals surface area (Å²) in [4.78, 5) is 27.1. The summed E-state index contributed by atoms with van der Waals surface area (Å²) in [7, 11) is 0. The molecule has 9 heteroatoms. The normalized spacial score (nSPS) is 21.8. The summed E-state index contributed by atoms with van der Waals surface area (Å²) in [5, 5.41) is 15.0. The Bertz CT molecular complexity index is 710. The lowest BCUT2D eigenvalue weighted by Gasteiger charge is -2.34. The average Bonchev–Trinajstić information content (AvgIpc) is 3.18. The maximum atomic E-state index is 12.8. The van der Waals surface area contributed by atoms with Crippen molar-refractivity contribution < 1.29 is 9.59 Å². The third kappa shape index (κ3) is 4.91. The van der Waals surface area contributed by atoms with Gasteiger partial charge < -0.3 is 20.1 Å². The molecular formula is C20H33ClN6O2. The summed E-state index contributed by atoms with van der Waals surface area (Å²) >= 11 is 0. The van der Waals surface area contributed by atoms with Crippen molar-refractivity contribution >= 4 is 24.2 Å². The van der Waals surface area contributed by atoms with Crippen LogP contribution in [0.5, 0.6) is 0 Å². The summed E-state index contributed by atoms with van der Waals surface area (Å²) in [6, 6.07) is -0.446. The smallest absolute Gasteiger partial charge is 0.244 e. The molecule has 8 nitrogen and oxygen atoms in total. The maximum Gasteiger partial charge on any atom is 0.244 e. The van der Waals surface area contributed by atoms with Crippen LogP contribution >= 0.6 is 12.4 Å². The highest BCUT2D eigenvalue weighted by molar-refractivity contribution is 5.88. The number of likely N-dealkylation sites (tertiary alicyclic amines) is 1. The Morgan fingerprint density at radius 3 is 2.52 bits per heavy atom. The van der Waals surface area contributed by atoms with Gasteiger partial charge in [-0.1, -0.05) is 19.3 Å². The SMILES string of the molecule is C[C@H](NC(=O)C1CCCCC1)C(=O)N1CCC(c2nnc3n2CCNC3)CC1.Cl. The maximum absolute atomic E-state index is 12.8. The van der Waals surface area contributed by atoms with E-state index in [2.05, 4.69) is 25.4 Å². The predicted octanol–water partition coefficient (Wildman–Crippen LogP) is 1.59. The minimum Gasteiger partial charge on any atom is -0.344 e. The number of amides is 2. The van der Waals surface area contributed by atoms with E-state index in [9.17, 15) is 9.59 Å². The first kappa shape index (κ1) is 22.0. The first-order chi connectivity index (χ1) is 13.6. The van der Waals surface area contributed by atoms with Gasteiger partial charge in [-0.15, -0.1) is 22.6 Å². The molecule has 1 saturated carbocycles. The molecule has 1 atom stereocenters. The molecule has 0 spiro atoms. The fraction of sp³-hybridized carbons (Fsp3) is 0.800. The minimum atomic E-state index is -0.446. The molecule has 0 radical (unpaired) electrons. The van der Waals surface area contributed by atoms with Gasteiger partial charge in [-0.3, -0.25) is 9.59 Å². The molecule has 0 unspecified atom stereocenters. The van der Waals surface area contributed by atoms with Crippen LogP contribution in [-0.4, -0.2) is 57.2 Å². The van der Waals surface area contributed by atoms with Gasteiger partial charge in [-0.05, 0) is 32.6 Å². The number of hydrogen-bond acceptors (Lipinski definition) is 5. The molecule has 2 N–H and O–H groups in total. The number of rotatable bonds is 4. The van der Waals surface area contributed by atoms with Gasteiger partial charge in [-0.2, -0.15) is 0 Å². The first-order valence-corrected chi connectivity index (χ1v) is 10.9. The second kappa shape index (κ2) is 9.89. The van der Waals surface area contributed by atoms with Crippen molar-refractivity contribution in [1.82, 2.24) is 30.3 Å². The zero-order valence-electron chi connectivity index (χ0n) is 17.2. The molecule has 0 bridgehead atoms. The molecular weight excluding hydrogens is 392 g/mol. The fourth-order valence-electron chi connectivity index (χ4n) is 4.81. The minimum absolute atomic E-state index is 0. The van der Waals surface area contributed by atoms with E-state index in [0.717, 1.165) is 69.8 Å². The number of halogens is 1. The second-order valence-corrected chi connectivity index (χ2v) is 8.47. The van der Waals surface area contributed by atoms with Crippen LogP contribution < -0.4 is 10.6 Å². The number of carbonyl (C=O) groups is 2. The van der Waals surface area contributed by atoms with E-state index in [1.807, 2.05) is 11.8 Å². The number of nitrogens with zero attached hydrogens (tertiary/aromatic N) is 4. The molecule has 2 fully saturated rings. The van der Waals surface area contributed by atoms with Crippen molar-refractivity contribution in [3.05, 3.63) is 11.6 Å². The van der Waals surface area contributed by atoms with Gasteiger partial charge in [0, 0.05) is 38.0 Å². The summed E-state index contributed by atoms with van der Waals surface area (Å²) in [6.07, 6.45) is 7.18. The molecule has 2 amide bonds. The zero-order chi connectivity index (χ0) is 19.5. The Morgan fingerprint density at radius 1 is 1.07 bits per heavy atom. The predicted molar refractivity (Wildman–Crippen MR) is 112 cm³/mol. The molecule has 0 aromatic carbocycles. The Balaban J connectivity index is 0.00000240. The summed E-state index contributed by atoms with van der Waals surface area (Å²) in [6.45, 7) is 5.90. The second-order valence-electron chi connectivity index (χ2n) is 8.47. The van der Waals surface area contributed by atoms with Gasteiger partial charge in [0.25, 0.3) is 0 Å². The Morgan fingerprint density at radius 2 is 1.79 bits per heavy atom. The van der Waals surface area contributed by atoms with E-state index in [-0.39, 0.29) is 30.1 Å². The van der Waals surface area contributed by atoms with E-state index >= 15 is 0 Å². The standard InChI is InChI=1S/C20H32N6O2.ClH/c1-14(22-19(27)16-5-3-2-4-6-16)20(28)25-10-7-15(8-11-25)18-24-23-17-13-21-9-12-26(17)18;/h14-16,21H,2-13H2,1H3,(H,22,27);1H/t14-;/m0./s1. The van der Waals surface area contributed by atoms with Crippen LogP contribution in [0.25, 0.3) is 0 Å². The van der Waals surface area contributed by atoms with Crippen molar-refractivity contribution in [1.29, 1.82) is 0 Å². The molecule has 162 valence electrons. The van der Waals surface area contributed by atoms with Crippen molar-refractivity contribution in [3.8, 4) is 0 Å². The number of aromatic nitrogens is 3. The molecule has 3 heterocycles. The van der Waals surface area contributed by atoms with Crippen LogP contribution in [0.3, 0.4) is 0 Å². The largest absolute Gasteiger partial charge is 0.344 e. The number of carbonyl (C=O) groups excluding carboxylic acids is 2. The molecule has 1 aliphatic carbocycles. The fourth-order valence-corrected chi connectivity index (χ4v) is 4.81. The molecule has 1 saturated heterocycles. The lowest BCUT2D eigenvalue weighted by molar-refractivity contribution is -0.138. The molecule has 29 heavy (non-hydrogen) atoms. The molecule has 1 aromatic rings. The number of hydrogen-bond donors (Lipinski definition) is 2. The van der Waals surface area contributed by atoms with Gasteiger partial charge in [-0.25, -0.2) is 0 Å². The van der Waals surface area contributed by atoms with Crippen molar-refractivity contribution in [3.63, 3.8) is 0 Å². The third-order valence-corrected chi connectivity index (χ3v) is 6.53. The van der Waals surface area contributed by atoms with Crippen LogP contribution in [0, 0.1) is 5.92 Å². The van der Waals surface area contributed by atoms with Gasteiger partial charge in [0.2, 0.25) is 11.8 Å². The van der Waals surface area contributed by atoms with Crippen LogP contribution in [0.2, 0.25) is 0 Å². The van der Waals surface area contributed by atoms with Crippen LogP contribution in [0.4, 0.5) is 0 Å². The quantitative estimate of drug-likeness (QED) is 0.765. The Kier molecular flexibility index (Phi) is 7.51.